The minimum atomic E-state index is -0.369. The average molecular weight is 291 g/mol. The molecule has 2 aromatic heterocycles. The minimum absolute atomic E-state index is 0.369. The van der Waals surface area contributed by atoms with Crippen LogP contribution in [0.3, 0.4) is 0 Å². The highest BCUT2D eigenvalue weighted by molar-refractivity contribution is 6.08. The normalized spacial score (nSPS) is 11.1. The van der Waals surface area contributed by atoms with Crippen LogP contribution in [0, 0.1) is 0 Å². The summed E-state index contributed by atoms with van der Waals surface area (Å²) in [6.07, 6.45) is 0. The standard InChI is InChI=1S/C18H13NO3/c1-21-12-7-8-15-13(9-12)14-10-16(11-5-3-2-4-6-11)22-18(20)17(14)19-15/h2-10,19H,1H3. The molecule has 0 unspecified atom stereocenters. The number of aromatic nitrogens is 1. The second-order valence-electron chi connectivity index (χ2n) is 5.09. The Morgan fingerprint density at radius 3 is 2.59 bits per heavy atom. The van der Waals surface area contributed by atoms with Crippen LogP contribution in [0.2, 0.25) is 0 Å². The van der Waals surface area contributed by atoms with E-state index < -0.39 is 0 Å². The molecule has 0 saturated heterocycles. The molecule has 0 radical (unpaired) electrons. The fourth-order valence-electron chi connectivity index (χ4n) is 2.69. The zero-order valence-electron chi connectivity index (χ0n) is 11.9. The number of aromatic amines is 1. The summed E-state index contributed by atoms with van der Waals surface area (Å²) >= 11 is 0. The highest BCUT2D eigenvalue weighted by Gasteiger charge is 2.12. The van der Waals surface area contributed by atoms with Crippen molar-refractivity contribution in [3.8, 4) is 17.1 Å². The van der Waals surface area contributed by atoms with E-state index in [1.165, 1.54) is 0 Å². The topological polar surface area (TPSA) is 55.2 Å². The van der Waals surface area contributed by atoms with Crippen LogP contribution in [0.25, 0.3) is 33.1 Å². The van der Waals surface area contributed by atoms with E-state index in [1.54, 1.807) is 7.11 Å². The molecule has 22 heavy (non-hydrogen) atoms. The molecule has 4 heteroatoms. The number of benzene rings is 2. The van der Waals surface area contributed by atoms with Gasteiger partial charge >= 0.3 is 5.63 Å². The van der Waals surface area contributed by atoms with Crippen molar-refractivity contribution in [2.75, 3.05) is 7.11 Å². The van der Waals surface area contributed by atoms with Crippen molar-refractivity contribution in [3.63, 3.8) is 0 Å². The Hall–Kier alpha value is -3.01. The fraction of sp³-hybridized carbons (Fsp3) is 0.0556. The number of hydrogen-bond donors (Lipinski definition) is 1. The van der Waals surface area contributed by atoms with Gasteiger partial charge < -0.3 is 14.1 Å². The molecule has 1 N–H and O–H groups in total. The molecule has 0 spiro atoms. The van der Waals surface area contributed by atoms with Crippen LogP contribution in [0.5, 0.6) is 5.75 Å². The quantitative estimate of drug-likeness (QED) is 0.608. The summed E-state index contributed by atoms with van der Waals surface area (Å²) in [5.41, 5.74) is 1.86. The molecule has 0 atom stereocenters. The molecular formula is C18H13NO3. The van der Waals surface area contributed by atoms with Gasteiger partial charge in [0.2, 0.25) is 0 Å². The van der Waals surface area contributed by atoms with Gasteiger partial charge in [0, 0.05) is 21.9 Å². The Morgan fingerprint density at radius 1 is 1.00 bits per heavy atom. The molecule has 0 aliphatic carbocycles. The van der Waals surface area contributed by atoms with Gasteiger partial charge in [0.15, 0.2) is 0 Å². The number of ether oxygens (including phenoxy) is 1. The molecular weight excluding hydrogens is 278 g/mol. The highest BCUT2D eigenvalue weighted by atomic mass is 16.5. The van der Waals surface area contributed by atoms with E-state index in [2.05, 4.69) is 4.98 Å². The van der Waals surface area contributed by atoms with E-state index >= 15 is 0 Å². The summed E-state index contributed by atoms with van der Waals surface area (Å²) in [4.78, 5) is 15.4. The van der Waals surface area contributed by atoms with Crippen LogP contribution in [-0.2, 0) is 0 Å². The number of nitrogens with one attached hydrogen (secondary N) is 1. The third-order valence-corrected chi connectivity index (χ3v) is 3.79. The molecule has 0 aliphatic heterocycles. The predicted molar refractivity (Wildman–Crippen MR) is 86.3 cm³/mol. The minimum Gasteiger partial charge on any atom is -0.497 e. The third kappa shape index (κ3) is 1.89. The molecule has 0 bridgehead atoms. The summed E-state index contributed by atoms with van der Waals surface area (Å²) in [5, 5.41) is 1.78. The SMILES string of the molecule is COc1ccc2[nH]c3c(=O)oc(-c4ccccc4)cc3c2c1. The first-order valence-electron chi connectivity index (χ1n) is 6.95. The van der Waals surface area contributed by atoms with Gasteiger partial charge in [-0.1, -0.05) is 30.3 Å². The highest BCUT2D eigenvalue weighted by Crippen LogP contribution is 2.30. The van der Waals surface area contributed by atoms with Crippen molar-refractivity contribution in [1.82, 2.24) is 4.98 Å². The van der Waals surface area contributed by atoms with Gasteiger partial charge in [0.25, 0.3) is 0 Å². The van der Waals surface area contributed by atoms with Gasteiger partial charge in [0.1, 0.15) is 17.0 Å². The summed E-state index contributed by atoms with van der Waals surface area (Å²) < 4.78 is 10.7. The maximum Gasteiger partial charge on any atom is 0.360 e. The van der Waals surface area contributed by atoms with Crippen molar-refractivity contribution in [3.05, 3.63) is 65.0 Å². The van der Waals surface area contributed by atoms with Gasteiger partial charge in [-0.05, 0) is 24.3 Å². The Balaban J connectivity index is 2.07. The van der Waals surface area contributed by atoms with Crippen LogP contribution in [0.15, 0.2) is 63.8 Å². The molecule has 4 rings (SSSR count). The van der Waals surface area contributed by atoms with Crippen molar-refractivity contribution in [2.45, 2.75) is 0 Å². The first kappa shape index (κ1) is 12.7. The summed E-state index contributed by atoms with van der Waals surface area (Å²) in [7, 11) is 1.62. The molecule has 2 aromatic carbocycles. The van der Waals surface area contributed by atoms with E-state index in [0.717, 1.165) is 27.6 Å². The smallest absolute Gasteiger partial charge is 0.360 e. The second-order valence-corrected chi connectivity index (χ2v) is 5.09. The Kier molecular flexibility index (Phi) is 2.76. The van der Waals surface area contributed by atoms with Crippen LogP contribution in [0.1, 0.15) is 0 Å². The summed E-state index contributed by atoms with van der Waals surface area (Å²) in [6.45, 7) is 0. The van der Waals surface area contributed by atoms with E-state index in [9.17, 15) is 4.79 Å². The van der Waals surface area contributed by atoms with Crippen molar-refractivity contribution >= 4 is 21.8 Å². The lowest BCUT2D eigenvalue weighted by molar-refractivity contribution is 0.415. The Morgan fingerprint density at radius 2 is 1.82 bits per heavy atom. The largest absolute Gasteiger partial charge is 0.497 e. The Bertz CT molecular complexity index is 1030. The maximum atomic E-state index is 12.3. The zero-order valence-corrected chi connectivity index (χ0v) is 11.9. The summed E-state index contributed by atoms with van der Waals surface area (Å²) in [5.74, 6) is 1.31. The number of H-pyrrole nitrogens is 1. The van der Waals surface area contributed by atoms with E-state index in [1.807, 2.05) is 54.6 Å². The summed E-state index contributed by atoms with van der Waals surface area (Å²) in [6, 6.07) is 17.2. The van der Waals surface area contributed by atoms with Crippen molar-refractivity contribution < 1.29 is 9.15 Å². The van der Waals surface area contributed by atoms with Crippen LogP contribution < -0.4 is 10.4 Å². The number of rotatable bonds is 2. The molecule has 4 nitrogen and oxygen atoms in total. The lowest BCUT2D eigenvalue weighted by Crippen LogP contribution is -1.99. The fourth-order valence-corrected chi connectivity index (χ4v) is 2.69. The van der Waals surface area contributed by atoms with Crippen molar-refractivity contribution in [2.24, 2.45) is 0 Å². The monoisotopic (exact) mass is 291 g/mol. The molecule has 108 valence electrons. The molecule has 0 fully saturated rings. The van der Waals surface area contributed by atoms with Crippen LogP contribution >= 0.6 is 0 Å². The van der Waals surface area contributed by atoms with Crippen molar-refractivity contribution in [1.29, 1.82) is 0 Å². The maximum absolute atomic E-state index is 12.3. The zero-order chi connectivity index (χ0) is 15.1. The molecule has 2 heterocycles. The molecule has 0 aliphatic rings. The van der Waals surface area contributed by atoms with Gasteiger partial charge in [0.05, 0.1) is 7.11 Å². The predicted octanol–water partition coefficient (Wildman–Crippen LogP) is 3.95. The first-order chi connectivity index (χ1) is 10.8. The molecule has 0 saturated carbocycles. The van der Waals surface area contributed by atoms with E-state index in [-0.39, 0.29) is 5.63 Å². The first-order valence-corrected chi connectivity index (χ1v) is 6.95. The van der Waals surface area contributed by atoms with E-state index in [0.29, 0.717) is 11.3 Å². The van der Waals surface area contributed by atoms with Gasteiger partial charge in [-0.2, -0.15) is 0 Å². The van der Waals surface area contributed by atoms with Gasteiger partial charge in [-0.15, -0.1) is 0 Å². The lowest BCUT2D eigenvalue weighted by Gasteiger charge is -2.01. The van der Waals surface area contributed by atoms with E-state index in [4.69, 9.17) is 9.15 Å². The average Bonchev–Trinajstić information content (AvgIpc) is 2.94. The number of hydrogen-bond acceptors (Lipinski definition) is 3. The third-order valence-electron chi connectivity index (χ3n) is 3.79. The van der Waals surface area contributed by atoms with Crippen LogP contribution in [0.4, 0.5) is 0 Å². The van der Waals surface area contributed by atoms with Gasteiger partial charge in [-0.25, -0.2) is 4.79 Å². The van der Waals surface area contributed by atoms with Gasteiger partial charge in [-0.3, -0.25) is 0 Å². The second kappa shape index (κ2) is 4.77. The Labute approximate surface area is 126 Å². The number of methoxy groups -OCH3 is 1. The lowest BCUT2D eigenvalue weighted by atomic mass is 10.1. The molecule has 0 amide bonds. The number of fused-ring (bicyclic) bond motifs is 3. The molecule has 4 aromatic rings. The van der Waals surface area contributed by atoms with Crippen LogP contribution in [-0.4, -0.2) is 12.1 Å².